The Bertz CT molecular complexity index is 136. The van der Waals surface area contributed by atoms with E-state index in [2.05, 4.69) is 46.6 Å². The molecule has 0 bridgehead atoms. The first-order valence-electron chi connectivity index (χ1n) is 4.80. The average Bonchev–Trinajstić information content (AvgIpc) is 1.48. The van der Waals surface area contributed by atoms with Gasteiger partial charge in [0.2, 0.25) is 0 Å². The van der Waals surface area contributed by atoms with Crippen molar-refractivity contribution in [1.29, 1.82) is 0 Å². The van der Waals surface area contributed by atoms with Crippen LogP contribution in [0.15, 0.2) is 0 Å². The minimum absolute atomic E-state index is 0.406. The maximum Gasteiger partial charge on any atom is 0.184 e. The molecule has 3 heteroatoms. The second-order valence-electron chi connectivity index (χ2n) is 5.66. The Kier molecular flexibility index (Phi) is 4.20. The fourth-order valence-corrected chi connectivity index (χ4v) is 13.8. The lowest BCUT2D eigenvalue weighted by Gasteiger charge is -2.31. The largest absolute Gasteiger partial charge is 0.415 e. The van der Waals surface area contributed by atoms with Crippen LogP contribution in [-0.4, -0.2) is 22.5 Å². The van der Waals surface area contributed by atoms with Gasteiger partial charge in [0.15, 0.2) is 8.32 Å². The van der Waals surface area contributed by atoms with Crippen LogP contribution in [0.25, 0.3) is 0 Å². The van der Waals surface area contributed by atoms with Crippen LogP contribution < -0.4 is 0 Å². The molecule has 1 nitrogen and oxygen atoms in total. The van der Waals surface area contributed by atoms with Gasteiger partial charge in [-0.05, 0) is 32.6 Å². The quantitative estimate of drug-likeness (QED) is 0.637. The van der Waals surface area contributed by atoms with Crippen LogP contribution in [0.3, 0.4) is 0 Å². The van der Waals surface area contributed by atoms with Crippen molar-refractivity contribution in [3.8, 4) is 0 Å². The molecule has 0 saturated heterocycles. The maximum absolute atomic E-state index is 5.99. The normalized spacial score (nSPS) is 14.0. The Morgan fingerprint density at radius 2 is 1.42 bits per heavy atom. The van der Waals surface area contributed by atoms with Crippen LogP contribution in [0.1, 0.15) is 13.8 Å². The Hall–Kier alpha value is 0.394. The summed E-state index contributed by atoms with van der Waals surface area (Å²) in [5.74, 6) is 0. The summed E-state index contributed by atoms with van der Waals surface area (Å²) in [5, 5.41) is 0. The summed E-state index contributed by atoms with van der Waals surface area (Å²) in [6.07, 6.45) is 0.406. The molecule has 0 aliphatic heterocycles. The average molecular weight is 204 g/mol. The summed E-state index contributed by atoms with van der Waals surface area (Å²) in [4.78, 5) is 0. The van der Waals surface area contributed by atoms with E-state index in [-0.39, 0.29) is 0 Å². The van der Waals surface area contributed by atoms with Crippen molar-refractivity contribution >= 4 is 16.4 Å². The number of rotatable bonds is 4. The summed E-state index contributed by atoms with van der Waals surface area (Å²) in [6.45, 7) is 16.2. The van der Waals surface area contributed by atoms with Crippen LogP contribution in [0.5, 0.6) is 0 Å². The monoisotopic (exact) mass is 204 g/mol. The van der Waals surface area contributed by atoms with Gasteiger partial charge in [-0.3, -0.25) is 0 Å². The van der Waals surface area contributed by atoms with E-state index in [9.17, 15) is 0 Å². The standard InChI is InChI=1S/C9H24OSi2/c1-9(2)10-12(6,7)8-11(3,4)5/h9H,8H2,1-7H3. The summed E-state index contributed by atoms with van der Waals surface area (Å²) >= 11 is 0. The molecule has 74 valence electrons. The van der Waals surface area contributed by atoms with Crippen molar-refractivity contribution in [3.63, 3.8) is 0 Å². The lowest BCUT2D eigenvalue weighted by atomic mass is 10.5. The van der Waals surface area contributed by atoms with Crippen molar-refractivity contribution in [2.24, 2.45) is 0 Å². The molecule has 0 rings (SSSR count). The van der Waals surface area contributed by atoms with Crippen LogP contribution in [0.2, 0.25) is 38.4 Å². The Morgan fingerprint density at radius 1 is 1.00 bits per heavy atom. The zero-order valence-corrected chi connectivity index (χ0v) is 11.7. The molecule has 0 spiro atoms. The number of hydrogen-bond acceptors (Lipinski definition) is 1. The van der Waals surface area contributed by atoms with E-state index in [4.69, 9.17) is 4.43 Å². The first-order valence-corrected chi connectivity index (χ1v) is 11.6. The molecule has 0 heterocycles. The third kappa shape index (κ3) is 7.07. The van der Waals surface area contributed by atoms with Gasteiger partial charge < -0.3 is 4.43 Å². The molecule has 0 amide bonds. The summed E-state index contributed by atoms with van der Waals surface area (Å²) in [6, 6.07) is 0. The van der Waals surface area contributed by atoms with Gasteiger partial charge in [-0.2, -0.15) is 0 Å². The third-order valence-electron chi connectivity index (χ3n) is 1.51. The first-order chi connectivity index (χ1) is 5.12. The van der Waals surface area contributed by atoms with E-state index in [1.165, 1.54) is 5.67 Å². The van der Waals surface area contributed by atoms with Crippen molar-refractivity contribution in [3.05, 3.63) is 0 Å². The molecule has 0 aromatic heterocycles. The van der Waals surface area contributed by atoms with Crippen molar-refractivity contribution < 1.29 is 4.43 Å². The molecule has 0 radical (unpaired) electrons. The molecular formula is C9H24OSi2. The molecule has 0 aliphatic rings. The van der Waals surface area contributed by atoms with Crippen LogP contribution in [-0.2, 0) is 4.43 Å². The van der Waals surface area contributed by atoms with E-state index in [0.717, 1.165) is 0 Å². The summed E-state index contributed by atoms with van der Waals surface area (Å²) < 4.78 is 5.99. The van der Waals surface area contributed by atoms with Crippen LogP contribution in [0.4, 0.5) is 0 Å². The predicted octanol–water partition coefficient (Wildman–Crippen LogP) is 3.49. The highest BCUT2D eigenvalue weighted by atomic mass is 28.4. The second kappa shape index (κ2) is 4.07. The van der Waals surface area contributed by atoms with Gasteiger partial charge in [-0.1, -0.05) is 19.6 Å². The molecule has 0 aromatic rings. The second-order valence-corrected chi connectivity index (χ2v) is 16.0. The molecule has 0 saturated carbocycles. The summed E-state index contributed by atoms with van der Waals surface area (Å²) in [5.41, 5.74) is 1.37. The van der Waals surface area contributed by atoms with E-state index in [1.807, 2.05) is 0 Å². The van der Waals surface area contributed by atoms with E-state index in [1.54, 1.807) is 0 Å². The molecule has 0 aromatic carbocycles. The highest BCUT2D eigenvalue weighted by Crippen LogP contribution is 2.21. The maximum atomic E-state index is 5.99. The lowest BCUT2D eigenvalue weighted by molar-refractivity contribution is 0.233. The van der Waals surface area contributed by atoms with Crippen molar-refractivity contribution in [2.45, 2.75) is 58.4 Å². The molecule has 0 unspecified atom stereocenters. The predicted molar refractivity (Wildman–Crippen MR) is 61.9 cm³/mol. The van der Waals surface area contributed by atoms with Crippen LogP contribution in [0, 0.1) is 0 Å². The van der Waals surface area contributed by atoms with Gasteiger partial charge >= 0.3 is 0 Å². The van der Waals surface area contributed by atoms with Gasteiger partial charge in [0.25, 0.3) is 0 Å². The minimum atomic E-state index is -1.34. The molecule has 0 atom stereocenters. The highest BCUT2D eigenvalue weighted by Gasteiger charge is 2.30. The molecule has 12 heavy (non-hydrogen) atoms. The van der Waals surface area contributed by atoms with Crippen molar-refractivity contribution in [1.82, 2.24) is 0 Å². The number of hydrogen-bond donors (Lipinski definition) is 0. The third-order valence-corrected chi connectivity index (χ3v) is 10.3. The fourth-order valence-electron chi connectivity index (χ4n) is 1.96. The van der Waals surface area contributed by atoms with Crippen LogP contribution >= 0.6 is 0 Å². The highest BCUT2D eigenvalue weighted by molar-refractivity contribution is 6.92. The molecule has 0 aliphatic carbocycles. The van der Waals surface area contributed by atoms with Gasteiger partial charge in [0, 0.05) is 14.2 Å². The van der Waals surface area contributed by atoms with Gasteiger partial charge in [0.05, 0.1) is 0 Å². The zero-order valence-electron chi connectivity index (χ0n) is 9.69. The molecule has 0 fully saturated rings. The van der Waals surface area contributed by atoms with Gasteiger partial charge in [-0.25, -0.2) is 0 Å². The van der Waals surface area contributed by atoms with Crippen molar-refractivity contribution in [2.75, 3.05) is 0 Å². The SMILES string of the molecule is CC(C)O[Si](C)(C)C[Si](C)(C)C. The Balaban J connectivity index is 4.04. The molecule has 0 N–H and O–H groups in total. The van der Waals surface area contributed by atoms with E-state index in [0.29, 0.717) is 6.10 Å². The van der Waals surface area contributed by atoms with Gasteiger partial charge in [0.1, 0.15) is 0 Å². The fraction of sp³-hybridized carbons (Fsp3) is 1.00. The van der Waals surface area contributed by atoms with Gasteiger partial charge in [-0.15, -0.1) is 0 Å². The first kappa shape index (κ1) is 12.4. The Labute approximate surface area is 79.7 Å². The Morgan fingerprint density at radius 3 is 1.67 bits per heavy atom. The summed E-state index contributed by atoms with van der Waals surface area (Å²) in [7, 11) is -2.26. The smallest absolute Gasteiger partial charge is 0.184 e. The minimum Gasteiger partial charge on any atom is -0.415 e. The van der Waals surface area contributed by atoms with E-state index >= 15 is 0 Å². The topological polar surface area (TPSA) is 9.23 Å². The zero-order chi connectivity index (χ0) is 9.99. The van der Waals surface area contributed by atoms with E-state index < -0.39 is 16.4 Å². The lowest BCUT2D eigenvalue weighted by Crippen LogP contribution is -2.41. The molecular weight excluding hydrogens is 180 g/mol.